The van der Waals surface area contributed by atoms with E-state index in [1.165, 1.54) is 29.2 Å². The molecule has 9 heteroatoms. The summed E-state index contributed by atoms with van der Waals surface area (Å²) in [5, 5.41) is 3.34. The standard InChI is InChI=1S/C30H36ClN3O4S/c1-4-28(30(36)32-21-23(2)3)33(20-19-24-11-7-5-8-12-24)29(35)22-34(26-13-9-6-10-14-26)39(37,38)27-17-15-25(31)16-18-27/h5-18,23,28H,4,19-22H2,1-3H3,(H,32,36). The van der Waals surface area contributed by atoms with Gasteiger partial charge in [0.15, 0.2) is 0 Å². The van der Waals surface area contributed by atoms with Crippen LogP contribution >= 0.6 is 11.6 Å². The monoisotopic (exact) mass is 569 g/mol. The van der Waals surface area contributed by atoms with E-state index in [0.29, 0.717) is 30.1 Å². The maximum Gasteiger partial charge on any atom is 0.264 e. The van der Waals surface area contributed by atoms with Gasteiger partial charge in [0.2, 0.25) is 11.8 Å². The van der Waals surface area contributed by atoms with Gasteiger partial charge in [-0.25, -0.2) is 8.42 Å². The number of halogens is 1. The summed E-state index contributed by atoms with van der Waals surface area (Å²) in [4.78, 5) is 28.7. The molecule has 0 spiro atoms. The number of sulfonamides is 1. The Labute approximate surface area is 236 Å². The summed E-state index contributed by atoms with van der Waals surface area (Å²) >= 11 is 5.99. The van der Waals surface area contributed by atoms with Crippen LogP contribution in [0.3, 0.4) is 0 Å². The third-order valence-electron chi connectivity index (χ3n) is 6.28. The molecule has 39 heavy (non-hydrogen) atoms. The molecule has 0 radical (unpaired) electrons. The first kappa shape index (κ1) is 30.2. The van der Waals surface area contributed by atoms with Crippen molar-refractivity contribution in [3.05, 3.63) is 95.5 Å². The van der Waals surface area contributed by atoms with Gasteiger partial charge in [-0.05, 0) is 60.7 Å². The van der Waals surface area contributed by atoms with Gasteiger partial charge in [-0.1, -0.05) is 80.9 Å². The van der Waals surface area contributed by atoms with Crippen LogP contribution in [0.2, 0.25) is 5.02 Å². The number of amides is 2. The van der Waals surface area contributed by atoms with Crippen molar-refractivity contribution < 1.29 is 18.0 Å². The number of hydrogen-bond acceptors (Lipinski definition) is 4. The average Bonchev–Trinajstić information content (AvgIpc) is 2.93. The van der Waals surface area contributed by atoms with Crippen molar-refractivity contribution in [2.75, 3.05) is 23.9 Å². The molecule has 1 N–H and O–H groups in total. The van der Waals surface area contributed by atoms with Crippen molar-refractivity contribution in [2.45, 2.75) is 44.6 Å². The molecule has 0 saturated heterocycles. The minimum atomic E-state index is -4.11. The smallest absolute Gasteiger partial charge is 0.264 e. The van der Waals surface area contributed by atoms with Gasteiger partial charge in [0, 0.05) is 18.1 Å². The Balaban J connectivity index is 1.96. The third kappa shape index (κ3) is 8.31. The SMILES string of the molecule is CCC(C(=O)NCC(C)C)N(CCc1ccccc1)C(=O)CN(c1ccccc1)S(=O)(=O)c1ccc(Cl)cc1. The summed E-state index contributed by atoms with van der Waals surface area (Å²) in [5.74, 6) is -0.462. The van der Waals surface area contributed by atoms with Gasteiger partial charge in [-0.15, -0.1) is 0 Å². The van der Waals surface area contributed by atoms with Gasteiger partial charge in [0.25, 0.3) is 10.0 Å². The highest BCUT2D eigenvalue weighted by molar-refractivity contribution is 7.92. The van der Waals surface area contributed by atoms with E-state index in [-0.39, 0.29) is 23.3 Å². The van der Waals surface area contributed by atoms with E-state index >= 15 is 0 Å². The van der Waals surface area contributed by atoms with E-state index in [9.17, 15) is 18.0 Å². The topological polar surface area (TPSA) is 86.8 Å². The zero-order valence-corrected chi connectivity index (χ0v) is 24.2. The minimum Gasteiger partial charge on any atom is -0.354 e. The van der Waals surface area contributed by atoms with Gasteiger partial charge >= 0.3 is 0 Å². The largest absolute Gasteiger partial charge is 0.354 e. The lowest BCUT2D eigenvalue weighted by molar-refractivity contribution is -0.139. The number of carbonyl (C=O) groups is 2. The Bertz CT molecular complexity index is 1320. The van der Waals surface area contributed by atoms with Gasteiger partial charge < -0.3 is 10.2 Å². The molecule has 0 bridgehead atoms. The van der Waals surface area contributed by atoms with Crippen molar-refractivity contribution in [3.8, 4) is 0 Å². The van der Waals surface area contributed by atoms with Gasteiger partial charge in [-0.2, -0.15) is 0 Å². The first-order valence-electron chi connectivity index (χ1n) is 13.1. The van der Waals surface area contributed by atoms with Gasteiger partial charge in [0.05, 0.1) is 10.6 Å². The molecule has 3 rings (SSSR count). The molecule has 1 unspecified atom stereocenters. The Morgan fingerprint density at radius 2 is 1.49 bits per heavy atom. The maximum absolute atomic E-state index is 13.9. The first-order chi connectivity index (χ1) is 18.6. The first-order valence-corrected chi connectivity index (χ1v) is 14.9. The van der Waals surface area contributed by atoms with E-state index in [1.54, 1.807) is 30.3 Å². The highest BCUT2D eigenvalue weighted by Gasteiger charge is 2.33. The third-order valence-corrected chi connectivity index (χ3v) is 8.32. The van der Waals surface area contributed by atoms with E-state index in [1.807, 2.05) is 51.1 Å². The van der Waals surface area contributed by atoms with Crippen LogP contribution in [0.15, 0.2) is 89.8 Å². The quantitative estimate of drug-likeness (QED) is 0.308. The summed E-state index contributed by atoms with van der Waals surface area (Å²) in [6.45, 7) is 6.13. The highest BCUT2D eigenvalue weighted by Crippen LogP contribution is 2.25. The van der Waals surface area contributed by atoms with Crippen molar-refractivity contribution in [1.82, 2.24) is 10.2 Å². The van der Waals surface area contributed by atoms with Gasteiger partial charge in [-0.3, -0.25) is 13.9 Å². The fraction of sp³-hybridized carbons (Fsp3) is 0.333. The molecule has 2 amide bonds. The van der Waals surface area contributed by atoms with Crippen LogP contribution in [0.25, 0.3) is 0 Å². The lowest BCUT2D eigenvalue weighted by Crippen LogP contribution is -2.53. The van der Waals surface area contributed by atoms with E-state index in [2.05, 4.69) is 5.32 Å². The number of nitrogens with one attached hydrogen (secondary N) is 1. The number of nitrogens with zero attached hydrogens (tertiary/aromatic N) is 2. The predicted octanol–water partition coefficient (Wildman–Crippen LogP) is 5.16. The number of para-hydroxylation sites is 1. The molecule has 3 aromatic carbocycles. The summed E-state index contributed by atoms with van der Waals surface area (Å²) in [6.07, 6.45) is 0.912. The predicted molar refractivity (Wildman–Crippen MR) is 156 cm³/mol. The zero-order chi connectivity index (χ0) is 28.4. The summed E-state index contributed by atoms with van der Waals surface area (Å²) in [5.41, 5.74) is 1.36. The van der Waals surface area contributed by atoms with Crippen molar-refractivity contribution in [1.29, 1.82) is 0 Å². The van der Waals surface area contributed by atoms with Crippen LogP contribution in [-0.4, -0.2) is 50.8 Å². The molecule has 7 nitrogen and oxygen atoms in total. The van der Waals surface area contributed by atoms with Crippen LogP contribution in [0.4, 0.5) is 5.69 Å². The maximum atomic E-state index is 13.9. The minimum absolute atomic E-state index is 0.0149. The Kier molecular flexibility index (Phi) is 10.9. The van der Waals surface area contributed by atoms with Gasteiger partial charge in [0.1, 0.15) is 12.6 Å². The average molecular weight is 570 g/mol. The normalized spacial score (nSPS) is 12.1. The molecule has 0 saturated carbocycles. The number of carbonyl (C=O) groups excluding carboxylic acids is 2. The molecule has 0 aliphatic heterocycles. The molecule has 0 aliphatic carbocycles. The molecular formula is C30H36ClN3O4S. The van der Waals surface area contributed by atoms with E-state index in [4.69, 9.17) is 11.6 Å². The molecule has 0 fully saturated rings. The van der Waals surface area contributed by atoms with Crippen LogP contribution in [-0.2, 0) is 26.0 Å². The summed E-state index contributed by atoms with van der Waals surface area (Å²) in [7, 11) is -4.11. The summed E-state index contributed by atoms with van der Waals surface area (Å²) in [6, 6.07) is 23.3. The van der Waals surface area contributed by atoms with Crippen LogP contribution in [0.5, 0.6) is 0 Å². The number of benzene rings is 3. The van der Waals surface area contributed by atoms with Crippen molar-refractivity contribution >= 4 is 39.1 Å². The number of hydrogen-bond donors (Lipinski definition) is 1. The second kappa shape index (κ2) is 14.1. The Hall–Kier alpha value is -3.36. The molecule has 3 aromatic rings. The Morgan fingerprint density at radius 1 is 0.897 bits per heavy atom. The lowest BCUT2D eigenvalue weighted by Gasteiger charge is -2.33. The molecular weight excluding hydrogens is 534 g/mol. The molecule has 1 atom stereocenters. The second-order valence-corrected chi connectivity index (χ2v) is 12.0. The number of rotatable bonds is 13. The molecule has 0 aliphatic rings. The highest BCUT2D eigenvalue weighted by atomic mass is 35.5. The second-order valence-electron chi connectivity index (χ2n) is 9.69. The van der Waals surface area contributed by atoms with E-state index in [0.717, 1.165) is 9.87 Å². The fourth-order valence-electron chi connectivity index (χ4n) is 4.18. The van der Waals surface area contributed by atoms with E-state index < -0.39 is 28.5 Å². The molecule has 0 heterocycles. The zero-order valence-electron chi connectivity index (χ0n) is 22.6. The van der Waals surface area contributed by atoms with Crippen LogP contribution in [0.1, 0.15) is 32.8 Å². The Morgan fingerprint density at radius 3 is 2.05 bits per heavy atom. The number of anilines is 1. The van der Waals surface area contributed by atoms with Crippen LogP contribution in [0, 0.1) is 5.92 Å². The molecule has 208 valence electrons. The summed E-state index contributed by atoms with van der Waals surface area (Å²) < 4.78 is 28.6. The van der Waals surface area contributed by atoms with Crippen molar-refractivity contribution in [3.63, 3.8) is 0 Å². The lowest BCUT2D eigenvalue weighted by atomic mass is 10.1. The van der Waals surface area contributed by atoms with Crippen molar-refractivity contribution in [2.24, 2.45) is 5.92 Å². The van der Waals surface area contributed by atoms with Crippen LogP contribution < -0.4 is 9.62 Å². The fourth-order valence-corrected chi connectivity index (χ4v) is 5.72. The molecule has 0 aromatic heterocycles.